The normalized spacial score (nSPS) is 11.2. The van der Waals surface area contributed by atoms with E-state index in [1.54, 1.807) is 18.0 Å². The van der Waals surface area contributed by atoms with Crippen LogP contribution in [-0.2, 0) is 12.3 Å². The van der Waals surface area contributed by atoms with Gasteiger partial charge in [0.2, 0.25) is 0 Å². The van der Waals surface area contributed by atoms with Crippen LogP contribution in [0.3, 0.4) is 0 Å². The summed E-state index contributed by atoms with van der Waals surface area (Å²) in [5.41, 5.74) is 4.99. The lowest BCUT2D eigenvalue weighted by molar-refractivity contribution is 0.0943. The van der Waals surface area contributed by atoms with Crippen molar-refractivity contribution in [3.63, 3.8) is 0 Å². The van der Waals surface area contributed by atoms with Crippen molar-refractivity contribution in [3.05, 3.63) is 89.7 Å². The Bertz CT molecular complexity index is 1140. The molecule has 30 heavy (non-hydrogen) atoms. The number of fused-ring (bicyclic) bond motifs is 1. The maximum absolute atomic E-state index is 12.2. The number of carbonyl (C=O) groups is 1. The number of thioether (sulfide) groups is 1. The topological polar surface area (TPSA) is 59.8 Å². The minimum atomic E-state index is -0.0482. The SMILES string of the molecule is CC(C)NC(=O)c1ccc(Cn2c(SCc3ccccc3)nc3ccncc32)cc1. The molecule has 0 saturated carbocycles. The van der Waals surface area contributed by atoms with Crippen LogP contribution >= 0.6 is 11.8 Å². The van der Waals surface area contributed by atoms with Crippen molar-refractivity contribution in [2.45, 2.75) is 37.3 Å². The highest BCUT2D eigenvalue weighted by Crippen LogP contribution is 2.27. The van der Waals surface area contributed by atoms with Crippen molar-refractivity contribution in [1.82, 2.24) is 19.9 Å². The molecule has 0 aliphatic rings. The highest BCUT2D eigenvalue weighted by molar-refractivity contribution is 7.98. The van der Waals surface area contributed by atoms with Gasteiger partial charge >= 0.3 is 0 Å². The number of imidazole rings is 1. The van der Waals surface area contributed by atoms with E-state index in [4.69, 9.17) is 4.98 Å². The summed E-state index contributed by atoms with van der Waals surface area (Å²) in [4.78, 5) is 21.3. The molecule has 0 aliphatic carbocycles. The molecule has 4 rings (SSSR count). The first-order chi connectivity index (χ1) is 14.6. The molecule has 0 aliphatic heterocycles. The lowest BCUT2D eigenvalue weighted by Crippen LogP contribution is -2.29. The molecule has 5 nitrogen and oxygen atoms in total. The Morgan fingerprint density at radius 1 is 1.03 bits per heavy atom. The summed E-state index contributed by atoms with van der Waals surface area (Å²) in [7, 11) is 0. The smallest absolute Gasteiger partial charge is 0.251 e. The lowest BCUT2D eigenvalue weighted by Gasteiger charge is -2.11. The molecule has 0 spiro atoms. The third-order valence-corrected chi connectivity index (χ3v) is 5.75. The second-order valence-electron chi connectivity index (χ2n) is 7.44. The van der Waals surface area contributed by atoms with Gasteiger partial charge in [0.25, 0.3) is 5.91 Å². The molecule has 152 valence electrons. The van der Waals surface area contributed by atoms with Gasteiger partial charge in [-0.25, -0.2) is 4.98 Å². The summed E-state index contributed by atoms with van der Waals surface area (Å²) in [6.45, 7) is 4.59. The van der Waals surface area contributed by atoms with E-state index < -0.39 is 0 Å². The molecule has 2 heterocycles. The molecule has 0 atom stereocenters. The predicted octanol–water partition coefficient (Wildman–Crippen LogP) is 4.91. The fraction of sp³-hybridized carbons (Fsp3) is 0.208. The zero-order chi connectivity index (χ0) is 20.9. The zero-order valence-corrected chi connectivity index (χ0v) is 17.9. The van der Waals surface area contributed by atoms with E-state index in [0.717, 1.165) is 27.5 Å². The van der Waals surface area contributed by atoms with Crippen LogP contribution < -0.4 is 5.32 Å². The van der Waals surface area contributed by atoms with E-state index in [2.05, 4.69) is 39.1 Å². The number of hydrogen-bond acceptors (Lipinski definition) is 4. The van der Waals surface area contributed by atoms with Crippen LogP contribution in [0.4, 0.5) is 0 Å². The number of carbonyl (C=O) groups excluding carboxylic acids is 1. The minimum Gasteiger partial charge on any atom is -0.350 e. The molecule has 6 heteroatoms. The number of aromatic nitrogens is 3. The first kappa shape index (κ1) is 20.2. The summed E-state index contributed by atoms with van der Waals surface area (Å²) >= 11 is 1.72. The molecule has 2 aromatic heterocycles. The molecule has 0 bridgehead atoms. The molecule has 0 saturated heterocycles. The lowest BCUT2D eigenvalue weighted by atomic mass is 10.1. The average molecular weight is 417 g/mol. The van der Waals surface area contributed by atoms with Crippen LogP contribution in [-0.4, -0.2) is 26.5 Å². The van der Waals surface area contributed by atoms with Gasteiger partial charge in [0.15, 0.2) is 5.16 Å². The van der Waals surface area contributed by atoms with Gasteiger partial charge < -0.3 is 9.88 Å². The first-order valence-electron chi connectivity index (χ1n) is 9.97. The fourth-order valence-corrected chi connectivity index (χ4v) is 4.19. The van der Waals surface area contributed by atoms with Gasteiger partial charge in [0.05, 0.1) is 23.8 Å². The van der Waals surface area contributed by atoms with Crippen LogP contribution in [0, 0.1) is 0 Å². The number of pyridine rings is 1. The van der Waals surface area contributed by atoms with E-state index in [0.29, 0.717) is 12.1 Å². The van der Waals surface area contributed by atoms with Crippen LogP contribution in [0.15, 0.2) is 78.2 Å². The van der Waals surface area contributed by atoms with E-state index in [1.807, 2.05) is 56.4 Å². The summed E-state index contributed by atoms with van der Waals surface area (Å²) in [6, 6.07) is 20.2. The quantitative estimate of drug-likeness (QED) is 0.435. The van der Waals surface area contributed by atoms with Crippen LogP contribution in [0.1, 0.15) is 35.3 Å². The summed E-state index contributed by atoms with van der Waals surface area (Å²) in [6.07, 6.45) is 3.63. The second kappa shape index (κ2) is 9.13. The van der Waals surface area contributed by atoms with Gasteiger partial charge in [-0.3, -0.25) is 9.78 Å². The summed E-state index contributed by atoms with van der Waals surface area (Å²) in [5.74, 6) is 0.805. The maximum Gasteiger partial charge on any atom is 0.251 e. The Labute approximate surface area is 180 Å². The molecular formula is C24H24N4OS. The monoisotopic (exact) mass is 416 g/mol. The van der Waals surface area contributed by atoms with Gasteiger partial charge in [-0.05, 0) is 43.2 Å². The highest BCUT2D eigenvalue weighted by atomic mass is 32.2. The fourth-order valence-electron chi connectivity index (χ4n) is 3.22. The molecule has 4 aromatic rings. The van der Waals surface area contributed by atoms with Crippen LogP contribution in [0.25, 0.3) is 11.0 Å². The molecule has 2 aromatic carbocycles. The van der Waals surface area contributed by atoms with E-state index in [1.165, 1.54) is 5.56 Å². The van der Waals surface area contributed by atoms with Crippen molar-refractivity contribution in [2.75, 3.05) is 0 Å². The molecule has 1 N–H and O–H groups in total. The third kappa shape index (κ3) is 4.71. The standard InChI is InChI=1S/C24H24N4OS/c1-17(2)26-23(29)20-10-8-18(9-11-20)15-28-22-14-25-13-12-21(22)27-24(28)30-16-19-6-4-3-5-7-19/h3-14,17H,15-16H2,1-2H3,(H,26,29). The summed E-state index contributed by atoms with van der Waals surface area (Å²) < 4.78 is 2.19. The van der Waals surface area contributed by atoms with Gasteiger partial charge in [-0.15, -0.1) is 0 Å². The number of hydrogen-bond donors (Lipinski definition) is 1. The predicted molar refractivity (Wildman–Crippen MR) is 122 cm³/mol. The van der Waals surface area contributed by atoms with Gasteiger partial charge in [-0.2, -0.15) is 0 Å². The Morgan fingerprint density at radius 2 is 1.80 bits per heavy atom. The Balaban J connectivity index is 1.57. The van der Waals surface area contributed by atoms with Gasteiger partial charge in [0, 0.05) is 23.6 Å². The van der Waals surface area contributed by atoms with Crippen LogP contribution in [0.5, 0.6) is 0 Å². The Kier molecular flexibility index (Phi) is 6.14. The largest absolute Gasteiger partial charge is 0.350 e. The number of rotatable bonds is 7. The average Bonchev–Trinajstić information content (AvgIpc) is 3.10. The van der Waals surface area contributed by atoms with E-state index in [-0.39, 0.29) is 11.9 Å². The minimum absolute atomic E-state index is 0.0482. The van der Waals surface area contributed by atoms with Crippen molar-refractivity contribution in [2.24, 2.45) is 0 Å². The van der Waals surface area contributed by atoms with Gasteiger partial charge in [0.1, 0.15) is 0 Å². The molecule has 0 unspecified atom stereocenters. The highest BCUT2D eigenvalue weighted by Gasteiger charge is 2.13. The third-order valence-electron chi connectivity index (χ3n) is 4.70. The maximum atomic E-state index is 12.2. The van der Waals surface area contributed by atoms with E-state index in [9.17, 15) is 4.79 Å². The first-order valence-corrected chi connectivity index (χ1v) is 11.0. The van der Waals surface area contributed by atoms with E-state index >= 15 is 0 Å². The van der Waals surface area contributed by atoms with Crippen LogP contribution in [0.2, 0.25) is 0 Å². The van der Waals surface area contributed by atoms with Crippen molar-refractivity contribution < 1.29 is 4.79 Å². The van der Waals surface area contributed by atoms with Crippen molar-refractivity contribution in [3.8, 4) is 0 Å². The summed E-state index contributed by atoms with van der Waals surface area (Å²) in [5, 5.41) is 3.89. The van der Waals surface area contributed by atoms with Gasteiger partial charge in [-0.1, -0.05) is 54.2 Å². The number of benzene rings is 2. The molecule has 1 amide bonds. The van der Waals surface area contributed by atoms with Crippen molar-refractivity contribution in [1.29, 1.82) is 0 Å². The number of amides is 1. The Morgan fingerprint density at radius 3 is 2.53 bits per heavy atom. The number of nitrogens with zero attached hydrogens (tertiary/aromatic N) is 3. The molecule has 0 fully saturated rings. The Hall–Kier alpha value is -3.12. The second-order valence-corrected chi connectivity index (χ2v) is 8.39. The molecular weight excluding hydrogens is 392 g/mol. The molecule has 0 radical (unpaired) electrons. The number of nitrogens with one attached hydrogen (secondary N) is 1. The van der Waals surface area contributed by atoms with Crippen molar-refractivity contribution >= 4 is 28.7 Å². The zero-order valence-electron chi connectivity index (χ0n) is 17.1.